The maximum atomic E-state index is 12.9. The Balaban J connectivity index is 1.17. The molecule has 0 spiro atoms. The number of amides is 2. The zero-order valence-electron chi connectivity index (χ0n) is 18.7. The SMILES string of the molecule is O=C(Nc1ccc(N2CCCC2=O)cc1)C1CCCN(Cc2nc(-c3ccccc3Cl)no2)C1. The van der Waals surface area contributed by atoms with Crippen molar-refractivity contribution in [2.45, 2.75) is 32.2 Å². The topological polar surface area (TPSA) is 91.6 Å². The van der Waals surface area contributed by atoms with Gasteiger partial charge in [0.05, 0.1) is 17.5 Å². The van der Waals surface area contributed by atoms with Crippen molar-refractivity contribution in [2.75, 3.05) is 29.9 Å². The van der Waals surface area contributed by atoms with E-state index >= 15 is 0 Å². The van der Waals surface area contributed by atoms with Crippen LogP contribution in [0.2, 0.25) is 5.02 Å². The Hall–Kier alpha value is -3.23. The predicted molar refractivity (Wildman–Crippen MR) is 129 cm³/mol. The molecular weight excluding hydrogens is 454 g/mol. The van der Waals surface area contributed by atoms with Gasteiger partial charge in [0.2, 0.25) is 23.5 Å². The van der Waals surface area contributed by atoms with E-state index in [1.807, 2.05) is 42.5 Å². The maximum Gasteiger partial charge on any atom is 0.241 e. The number of rotatable bonds is 6. The van der Waals surface area contributed by atoms with E-state index < -0.39 is 0 Å². The van der Waals surface area contributed by atoms with Gasteiger partial charge in [-0.2, -0.15) is 4.98 Å². The fraction of sp³-hybridized carbons (Fsp3) is 0.360. The summed E-state index contributed by atoms with van der Waals surface area (Å²) in [7, 11) is 0. The van der Waals surface area contributed by atoms with Gasteiger partial charge in [-0.3, -0.25) is 14.5 Å². The molecule has 2 amide bonds. The molecule has 2 aliphatic heterocycles. The van der Waals surface area contributed by atoms with E-state index in [2.05, 4.69) is 20.4 Å². The van der Waals surface area contributed by atoms with Gasteiger partial charge in [0.15, 0.2) is 0 Å². The van der Waals surface area contributed by atoms with Gasteiger partial charge in [-0.15, -0.1) is 0 Å². The summed E-state index contributed by atoms with van der Waals surface area (Å²) in [6, 6.07) is 14.9. The summed E-state index contributed by atoms with van der Waals surface area (Å²) in [6.45, 7) is 2.73. The van der Waals surface area contributed by atoms with Crippen LogP contribution in [0.1, 0.15) is 31.6 Å². The van der Waals surface area contributed by atoms with Crippen molar-refractivity contribution in [1.29, 1.82) is 0 Å². The summed E-state index contributed by atoms with van der Waals surface area (Å²) in [5.74, 6) is 0.991. The first-order valence-corrected chi connectivity index (χ1v) is 12.0. The first kappa shape index (κ1) is 22.6. The molecule has 34 heavy (non-hydrogen) atoms. The highest BCUT2D eigenvalue weighted by molar-refractivity contribution is 6.33. The number of piperidine rings is 1. The molecule has 0 aliphatic carbocycles. The second-order valence-corrected chi connectivity index (χ2v) is 9.16. The zero-order valence-corrected chi connectivity index (χ0v) is 19.5. The second-order valence-electron chi connectivity index (χ2n) is 8.75. The van der Waals surface area contributed by atoms with Crippen LogP contribution in [0.3, 0.4) is 0 Å². The minimum absolute atomic E-state index is 0.00279. The van der Waals surface area contributed by atoms with E-state index in [1.165, 1.54) is 0 Å². The van der Waals surface area contributed by atoms with Crippen molar-refractivity contribution in [1.82, 2.24) is 15.0 Å². The number of anilines is 2. The maximum absolute atomic E-state index is 12.9. The van der Waals surface area contributed by atoms with Crippen LogP contribution in [0.25, 0.3) is 11.4 Å². The molecule has 176 valence electrons. The highest BCUT2D eigenvalue weighted by atomic mass is 35.5. The number of benzene rings is 2. The Bertz CT molecular complexity index is 1180. The monoisotopic (exact) mass is 479 g/mol. The summed E-state index contributed by atoms with van der Waals surface area (Å²) in [4.78, 5) is 33.3. The minimum atomic E-state index is -0.125. The van der Waals surface area contributed by atoms with E-state index in [-0.39, 0.29) is 17.7 Å². The van der Waals surface area contributed by atoms with Gasteiger partial charge in [0, 0.05) is 36.4 Å². The van der Waals surface area contributed by atoms with Gasteiger partial charge in [0.1, 0.15) is 0 Å². The molecule has 2 saturated heterocycles. The molecule has 0 bridgehead atoms. The van der Waals surface area contributed by atoms with Crippen molar-refractivity contribution in [3.05, 3.63) is 59.4 Å². The van der Waals surface area contributed by atoms with Gasteiger partial charge >= 0.3 is 0 Å². The lowest BCUT2D eigenvalue weighted by Crippen LogP contribution is -2.40. The van der Waals surface area contributed by atoms with Gasteiger partial charge in [-0.1, -0.05) is 28.9 Å². The zero-order chi connectivity index (χ0) is 23.5. The van der Waals surface area contributed by atoms with Gasteiger partial charge < -0.3 is 14.7 Å². The fourth-order valence-corrected chi connectivity index (χ4v) is 4.79. The lowest BCUT2D eigenvalue weighted by atomic mass is 9.97. The third-order valence-electron chi connectivity index (χ3n) is 6.34. The van der Waals surface area contributed by atoms with Crippen molar-refractivity contribution < 1.29 is 14.1 Å². The van der Waals surface area contributed by atoms with Crippen molar-refractivity contribution >= 4 is 34.8 Å². The van der Waals surface area contributed by atoms with Crippen LogP contribution in [0, 0.1) is 5.92 Å². The number of carbonyl (C=O) groups is 2. The van der Waals surface area contributed by atoms with Crippen LogP contribution >= 0.6 is 11.6 Å². The summed E-state index contributed by atoms with van der Waals surface area (Å²) in [5.41, 5.74) is 2.34. The third-order valence-corrected chi connectivity index (χ3v) is 6.67. The molecule has 0 radical (unpaired) electrons. The number of hydrogen-bond acceptors (Lipinski definition) is 6. The van der Waals surface area contributed by atoms with E-state index in [9.17, 15) is 9.59 Å². The standard InChI is InChI=1S/C25H26ClN5O3/c26-21-7-2-1-6-20(21)24-28-22(34-29-24)16-30-13-3-5-17(15-30)25(33)27-18-9-11-19(12-10-18)31-14-4-8-23(31)32/h1-2,6-7,9-12,17H,3-5,8,13-16H2,(H,27,33). The Kier molecular flexibility index (Phi) is 6.60. The van der Waals surface area contributed by atoms with Crippen LogP contribution in [0.5, 0.6) is 0 Å². The number of hydrogen-bond donors (Lipinski definition) is 1. The van der Waals surface area contributed by atoms with E-state index in [1.54, 1.807) is 11.0 Å². The molecule has 3 heterocycles. The molecule has 1 atom stereocenters. The summed E-state index contributed by atoms with van der Waals surface area (Å²) >= 11 is 6.23. The Labute approximate surface area is 202 Å². The summed E-state index contributed by atoms with van der Waals surface area (Å²) in [5, 5.41) is 7.66. The average molecular weight is 480 g/mol. The Morgan fingerprint density at radius 2 is 1.94 bits per heavy atom. The van der Waals surface area contributed by atoms with Crippen LogP contribution < -0.4 is 10.2 Å². The molecule has 8 nitrogen and oxygen atoms in total. The normalized spacial score (nSPS) is 18.9. The van der Waals surface area contributed by atoms with Gasteiger partial charge in [-0.05, 0) is 62.2 Å². The van der Waals surface area contributed by atoms with Crippen LogP contribution in [-0.2, 0) is 16.1 Å². The molecule has 9 heteroatoms. The molecule has 2 fully saturated rings. The number of nitrogens with zero attached hydrogens (tertiary/aromatic N) is 4. The first-order chi connectivity index (χ1) is 16.6. The van der Waals surface area contributed by atoms with E-state index in [0.29, 0.717) is 36.2 Å². The van der Waals surface area contributed by atoms with Crippen LogP contribution in [-0.4, -0.2) is 46.5 Å². The highest BCUT2D eigenvalue weighted by Crippen LogP contribution is 2.27. The Morgan fingerprint density at radius 1 is 1.12 bits per heavy atom. The van der Waals surface area contributed by atoms with Crippen LogP contribution in [0.4, 0.5) is 11.4 Å². The minimum Gasteiger partial charge on any atom is -0.338 e. The quantitative estimate of drug-likeness (QED) is 0.564. The average Bonchev–Trinajstić information content (AvgIpc) is 3.49. The van der Waals surface area contributed by atoms with Crippen LogP contribution in [0.15, 0.2) is 53.1 Å². The van der Waals surface area contributed by atoms with Crippen molar-refractivity contribution in [2.24, 2.45) is 5.92 Å². The summed E-state index contributed by atoms with van der Waals surface area (Å²) < 4.78 is 5.44. The van der Waals surface area contributed by atoms with Crippen molar-refractivity contribution in [3.63, 3.8) is 0 Å². The number of carbonyl (C=O) groups excluding carboxylic acids is 2. The molecular formula is C25H26ClN5O3. The number of nitrogens with one attached hydrogen (secondary N) is 1. The number of halogens is 1. The van der Waals surface area contributed by atoms with Gasteiger partial charge in [0.25, 0.3) is 0 Å². The molecule has 3 aromatic rings. The fourth-order valence-electron chi connectivity index (χ4n) is 4.57. The molecule has 0 saturated carbocycles. The lowest BCUT2D eigenvalue weighted by Gasteiger charge is -2.30. The van der Waals surface area contributed by atoms with E-state index in [0.717, 1.165) is 49.3 Å². The largest absolute Gasteiger partial charge is 0.338 e. The number of likely N-dealkylation sites (tertiary alicyclic amines) is 1. The van der Waals surface area contributed by atoms with Crippen molar-refractivity contribution in [3.8, 4) is 11.4 Å². The molecule has 2 aromatic carbocycles. The van der Waals surface area contributed by atoms with E-state index in [4.69, 9.17) is 16.1 Å². The number of aromatic nitrogens is 2. The highest BCUT2D eigenvalue weighted by Gasteiger charge is 2.27. The lowest BCUT2D eigenvalue weighted by molar-refractivity contribution is -0.121. The molecule has 2 aliphatic rings. The predicted octanol–water partition coefficient (Wildman–Crippen LogP) is 4.37. The second kappa shape index (κ2) is 9.95. The molecule has 1 aromatic heterocycles. The first-order valence-electron chi connectivity index (χ1n) is 11.6. The summed E-state index contributed by atoms with van der Waals surface area (Å²) in [6.07, 6.45) is 3.24. The molecule has 5 rings (SSSR count). The smallest absolute Gasteiger partial charge is 0.241 e. The van der Waals surface area contributed by atoms with Gasteiger partial charge in [-0.25, -0.2) is 0 Å². The molecule has 1 N–H and O–H groups in total. The molecule has 1 unspecified atom stereocenters. The third kappa shape index (κ3) is 4.98. The Morgan fingerprint density at radius 3 is 2.71 bits per heavy atom.